The quantitative estimate of drug-likeness (QED) is 0.805. The molecule has 1 amide bonds. The van der Waals surface area contributed by atoms with Gasteiger partial charge < -0.3 is 19.9 Å². The molecule has 30 heavy (non-hydrogen) atoms. The number of ether oxygens (including phenoxy) is 1. The lowest BCUT2D eigenvalue weighted by Crippen LogP contribution is -2.45. The van der Waals surface area contributed by atoms with Crippen LogP contribution in [0.2, 0.25) is 0 Å². The highest BCUT2D eigenvalue weighted by Crippen LogP contribution is 2.40. The van der Waals surface area contributed by atoms with Gasteiger partial charge in [0.05, 0.1) is 24.4 Å². The number of amides is 1. The van der Waals surface area contributed by atoms with Crippen LogP contribution in [0, 0.1) is 11.3 Å². The first-order valence-electron chi connectivity index (χ1n) is 11.0. The monoisotopic (exact) mass is 411 g/mol. The first kappa shape index (κ1) is 20.7. The molecule has 0 aromatic carbocycles. The van der Waals surface area contributed by atoms with Gasteiger partial charge in [0.25, 0.3) is 0 Å². The molecule has 2 aliphatic carbocycles. The van der Waals surface area contributed by atoms with Crippen LogP contribution >= 0.6 is 0 Å². The van der Waals surface area contributed by atoms with Crippen molar-refractivity contribution in [1.82, 2.24) is 9.97 Å². The van der Waals surface area contributed by atoms with E-state index >= 15 is 0 Å². The standard InChI is InChI=1S/C23H33N5O2/c1-15-10-11-19(30-5)17(12-15)25-22-24-13-18-20(26-22)28(16-8-6-7-9-16)14-23(2,3)21(29)27(18)4/h11-13,15-16H,6-10,14H2,1-5H3,(H,24,25,26). The van der Waals surface area contributed by atoms with Gasteiger partial charge in [-0.1, -0.05) is 25.8 Å². The zero-order valence-corrected chi connectivity index (χ0v) is 18.7. The highest BCUT2D eigenvalue weighted by molar-refractivity contribution is 6.00. The van der Waals surface area contributed by atoms with E-state index in [4.69, 9.17) is 9.72 Å². The number of fused-ring (bicyclic) bond motifs is 1. The molecule has 0 radical (unpaired) electrons. The molecule has 1 N–H and O–H groups in total. The molecule has 7 heteroatoms. The number of methoxy groups -OCH3 is 1. The van der Waals surface area contributed by atoms with E-state index in [1.807, 2.05) is 20.9 Å². The van der Waals surface area contributed by atoms with Gasteiger partial charge in [-0.15, -0.1) is 0 Å². The van der Waals surface area contributed by atoms with Gasteiger partial charge in [-0.3, -0.25) is 4.79 Å². The maximum atomic E-state index is 13.1. The van der Waals surface area contributed by atoms with E-state index in [-0.39, 0.29) is 5.91 Å². The van der Waals surface area contributed by atoms with Crippen molar-refractivity contribution in [2.24, 2.45) is 11.3 Å². The van der Waals surface area contributed by atoms with Crippen molar-refractivity contribution in [2.75, 3.05) is 35.8 Å². The minimum Gasteiger partial charge on any atom is -0.495 e. The summed E-state index contributed by atoms with van der Waals surface area (Å²) in [5.74, 6) is 2.70. The van der Waals surface area contributed by atoms with E-state index in [2.05, 4.69) is 34.3 Å². The Morgan fingerprint density at radius 1 is 1.27 bits per heavy atom. The molecule has 1 unspecified atom stereocenters. The van der Waals surface area contributed by atoms with Crippen LogP contribution in [0.1, 0.15) is 52.9 Å². The highest BCUT2D eigenvalue weighted by Gasteiger charge is 2.41. The van der Waals surface area contributed by atoms with E-state index in [9.17, 15) is 4.79 Å². The first-order chi connectivity index (χ1) is 14.3. The van der Waals surface area contributed by atoms with E-state index < -0.39 is 5.41 Å². The molecular weight excluding hydrogens is 378 g/mol. The van der Waals surface area contributed by atoms with Gasteiger partial charge in [-0.2, -0.15) is 4.98 Å². The summed E-state index contributed by atoms with van der Waals surface area (Å²) in [5.41, 5.74) is 1.18. The molecule has 1 fully saturated rings. The molecule has 1 atom stereocenters. The molecule has 7 nitrogen and oxygen atoms in total. The number of nitrogens with one attached hydrogen (secondary N) is 1. The van der Waals surface area contributed by atoms with Gasteiger partial charge in [-0.25, -0.2) is 4.98 Å². The Hall–Kier alpha value is -2.57. The molecule has 162 valence electrons. The Bertz CT molecular complexity index is 886. The number of hydrogen-bond acceptors (Lipinski definition) is 6. The highest BCUT2D eigenvalue weighted by atomic mass is 16.5. The Labute approximate surface area is 179 Å². The van der Waals surface area contributed by atoms with Crippen LogP contribution in [-0.4, -0.2) is 42.6 Å². The number of hydrogen-bond donors (Lipinski definition) is 1. The SMILES string of the molecule is COC1=CCC(C)C=C1Nc1ncc2c(n1)N(C1CCCC1)CC(C)(C)C(=O)N2C. The zero-order valence-electron chi connectivity index (χ0n) is 18.7. The average molecular weight is 412 g/mol. The molecule has 0 saturated heterocycles. The van der Waals surface area contributed by atoms with Gasteiger partial charge >= 0.3 is 0 Å². The number of carbonyl (C=O) groups is 1. The van der Waals surface area contributed by atoms with Crippen LogP contribution < -0.4 is 15.1 Å². The van der Waals surface area contributed by atoms with Gasteiger partial charge in [-0.05, 0) is 45.1 Å². The van der Waals surface area contributed by atoms with Gasteiger partial charge in [0.2, 0.25) is 11.9 Å². The van der Waals surface area contributed by atoms with Crippen LogP contribution in [-0.2, 0) is 9.53 Å². The fourth-order valence-electron chi connectivity index (χ4n) is 4.78. The minimum atomic E-state index is -0.487. The maximum Gasteiger partial charge on any atom is 0.234 e. The topological polar surface area (TPSA) is 70.6 Å². The van der Waals surface area contributed by atoms with Crippen molar-refractivity contribution in [3.63, 3.8) is 0 Å². The fraction of sp³-hybridized carbons (Fsp3) is 0.609. The van der Waals surface area contributed by atoms with Crippen molar-refractivity contribution in [3.8, 4) is 0 Å². The third-order valence-corrected chi connectivity index (χ3v) is 6.46. The number of allylic oxidation sites excluding steroid dienone is 2. The van der Waals surface area contributed by atoms with Crippen LogP contribution in [0.3, 0.4) is 0 Å². The summed E-state index contributed by atoms with van der Waals surface area (Å²) in [6.07, 6.45) is 11.7. The summed E-state index contributed by atoms with van der Waals surface area (Å²) in [5, 5.41) is 3.36. The van der Waals surface area contributed by atoms with Crippen molar-refractivity contribution in [3.05, 3.63) is 29.8 Å². The van der Waals surface area contributed by atoms with Crippen LogP contribution in [0.5, 0.6) is 0 Å². The molecule has 0 spiro atoms. The van der Waals surface area contributed by atoms with Crippen molar-refractivity contribution >= 4 is 23.4 Å². The van der Waals surface area contributed by atoms with Crippen LogP contribution in [0.15, 0.2) is 29.8 Å². The smallest absolute Gasteiger partial charge is 0.234 e. The zero-order chi connectivity index (χ0) is 21.5. The van der Waals surface area contributed by atoms with E-state index in [0.29, 0.717) is 24.5 Å². The molecule has 1 saturated carbocycles. The van der Waals surface area contributed by atoms with Crippen molar-refractivity contribution in [1.29, 1.82) is 0 Å². The van der Waals surface area contributed by atoms with Gasteiger partial charge in [0.1, 0.15) is 11.4 Å². The summed E-state index contributed by atoms with van der Waals surface area (Å²) >= 11 is 0. The fourth-order valence-corrected chi connectivity index (χ4v) is 4.78. The summed E-state index contributed by atoms with van der Waals surface area (Å²) in [7, 11) is 3.51. The Balaban J connectivity index is 1.73. The Morgan fingerprint density at radius 2 is 2.00 bits per heavy atom. The molecular formula is C23H33N5O2. The van der Waals surface area contributed by atoms with Crippen LogP contribution in [0.4, 0.5) is 17.5 Å². The minimum absolute atomic E-state index is 0.0990. The second-order valence-corrected chi connectivity index (χ2v) is 9.41. The summed E-state index contributed by atoms with van der Waals surface area (Å²) in [4.78, 5) is 26.6. The van der Waals surface area contributed by atoms with Crippen molar-refractivity contribution < 1.29 is 9.53 Å². The summed E-state index contributed by atoms with van der Waals surface area (Å²) in [6, 6.07) is 0.411. The Morgan fingerprint density at radius 3 is 2.70 bits per heavy atom. The first-order valence-corrected chi connectivity index (χ1v) is 11.0. The second kappa shape index (κ2) is 7.93. The molecule has 1 aromatic rings. The number of nitrogens with zero attached hydrogens (tertiary/aromatic N) is 4. The predicted octanol–water partition coefficient (Wildman–Crippen LogP) is 4.09. The molecule has 1 aliphatic heterocycles. The lowest BCUT2D eigenvalue weighted by molar-refractivity contribution is -0.125. The predicted molar refractivity (Wildman–Crippen MR) is 119 cm³/mol. The van der Waals surface area contributed by atoms with Gasteiger partial charge in [0.15, 0.2) is 5.82 Å². The number of aromatic nitrogens is 2. The molecule has 4 rings (SSSR count). The third kappa shape index (κ3) is 3.77. The van der Waals surface area contributed by atoms with E-state index in [1.165, 1.54) is 12.8 Å². The molecule has 0 bridgehead atoms. The molecule has 2 heterocycles. The molecule has 1 aromatic heterocycles. The van der Waals surface area contributed by atoms with E-state index in [1.54, 1.807) is 18.2 Å². The van der Waals surface area contributed by atoms with Crippen molar-refractivity contribution in [2.45, 2.75) is 58.9 Å². The summed E-state index contributed by atoms with van der Waals surface area (Å²) in [6.45, 7) is 6.88. The normalized spacial score (nSPS) is 24.2. The van der Waals surface area contributed by atoms with E-state index in [0.717, 1.165) is 42.2 Å². The van der Waals surface area contributed by atoms with Gasteiger partial charge in [0, 0.05) is 19.6 Å². The number of anilines is 3. The Kier molecular flexibility index (Phi) is 5.47. The lowest BCUT2D eigenvalue weighted by atomic mass is 9.91. The number of carbonyl (C=O) groups excluding carboxylic acids is 1. The number of rotatable bonds is 4. The lowest BCUT2D eigenvalue weighted by Gasteiger charge is -2.34. The third-order valence-electron chi connectivity index (χ3n) is 6.46. The maximum absolute atomic E-state index is 13.1. The molecule has 3 aliphatic rings. The van der Waals surface area contributed by atoms with Crippen LogP contribution in [0.25, 0.3) is 0 Å². The largest absolute Gasteiger partial charge is 0.495 e. The summed E-state index contributed by atoms with van der Waals surface area (Å²) < 4.78 is 5.53. The second-order valence-electron chi connectivity index (χ2n) is 9.41. The average Bonchev–Trinajstić information content (AvgIpc) is 3.23.